The van der Waals surface area contributed by atoms with Crippen LogP contribution in [-0.2, 0) is 14.2 Å². The zero-order valence-corrected chi connectivity index (χ0v) is 13.8. The van der Waals surface area contributed by atoms with Crippen LogP contribution in [0.25, 0.3) is 0 Å². The maximum Gasteiger partial charge on any atom is 0.0896 e. The van der Waals surface area contributed by atoms with E-state index in [1.54, 1.807) is 14.2 Å². The lowest BCUT2D eigenvalue weighted by atomic mass is 9.84. The molecule has 1 aliphatic rings. The molecule has 1 rings (SSSR count). The van der Waals surface area contributed by atoms with E-state index in [0.29, 0.717) is 13.2 Å². The van der Waals surface area contributed by atoms with Crippen LogP contribution in [0.1, 0.15) is 27.7 Å². The molecule has 1 saturated heterocycles. The summed E-state index contributed by atoms with van der Waals surface area (Å²) in [7, 11) is 3.41. The fourth-order valence-corrected chi connectivity index (χ4v) is 3.01. The molecule has 20 heavy (non-hydrogen) atoms. The molecule has 1 fully saturated rings. The van der Waals surface area contributed by atoms with E-state index in [-0.39, 0.29) is 11.5 Å². The maximum atomic E-state index is 10.5. The molecule has 1 aliphatic heterocycles. The van der Waals surface area contributed by atoms with Gasteiger partial charge >= 0.3 is 0 Å². The van der Waals surface area contributed by atoms with E-state index in [0.717, 1.165) is 19.6 Å². The first-order valence-electron chi connectivity index (χ1n) is 7.33. The fourth-order valence-electron chi connectivity index (χ4n) is 3.01. The Morgan fingerprint density at radius 1 is 1.00 bits per heavy atom. The van der Waals surface area contributed by atoms with Gasteiger partial charge in [-0.1, -0.05) is 0 Å². The summed E-state index contributed by atoms with van der Waals surface area (Å²) in [4.78, 5) is 2.27. The quantitative estimate of drug-likeness (QED) is 0.726. The molecule has 120 valence electrons. The number of hydrogen-bond acceptors (Lipinski definition) is 5. The Labute approximate surface area is 123 Å². The van der Waals surface area contributed by atoms with Crippen LogP contribution in [-0.4, -0.2) is 74.4 Å². The minimum Gasteiger partial charge on any atom is -0.390 e. The Kier molecular flexibility index (Phi) is 6.41. The van der Waals surface area contributed by atoms with Crippen LogP contribution in [0.2, 0.25) is 0 Å². The van der Waals surface area contributed by atoms with Crippen molar-refractivity contribution >= 4 is 0 Å². The first-order chi connectivity index (χ1) is 9.24. The largest absolute Gasteiger partial charge is 0.390 e. The zero-order chi connectivity index (χ0) is 15.4. The second kappa shape index (κ2) is 7.18. The highest BCUT2D eigenvalue weighted by atomic mass is 16.5. The van der Waals surface area contributed by atoms with Crippen LogP contribution in [0, 0.1) is 5.92 Å². The van der Waals surface area contributed by atoms with Crippen molar-refractivity contribution in [1.82, 2.24) is 4.90 Å². The first-order valence-corrected chi connectivity index (χ1v) is 7.33. The van der Waals surface area contributed by atoms with Crippen LogP contribution in [0.4, 0.5) is 0 Å². The Bertz CT molecular complexity index is 286. The average Bonchev–Trinajstić information content (AvgIpc) is 2.50. The van der Waals surface area contributed by atoms with Gasteiger partial charge in [0.05, 0.1) is 30.5 Å². The predicted octanol–water partition coefficient (Wildman–Crippen LogP) is 1.15. The summed E-state index contributed by atoms with van der Waals surface area (Å²) in [5.74, 6) is 0.0752. The average molecular weight is 289 g/mol. The molecule has 0 saturated carbocycles. The Morgan fingerprint density at radius 3 is 1.85 bits per heavy atom. The van der Waals surface area contributed by atoms with Crippen molar-refractivity contribution in [3.63, 3.8) is 0 Å². The third kappa shape index (κ3) is 4.40. The molecular formula is C15H31NO4. The molecule has 1 N–H and O–H groups in total. The fraction of sp³-hybridized carbons (Fsp3) is 1.00. The molecule has 5 nitrogen and oxygen atoms in total. The highest BCUT2D eigenvalue weighted by molar-refractivity contribution is 5.02. The van der Waals surface area contributed by atoms with Gasteiger partial charge in [0.25, 0.3) is 0 Å². The Balaban J connectivity index is 2.70. The van der Waals surface area contributed by atoms with E-state index in [9.17, 15) is 5.11 Å². The van der Waals surface area contributed by atoms with Gasteiger partial charge in [0.2, 0.25) is 0 Å². The monoisotopic (exact) mass is 289 g/mol. The first kappa shape index (κ1) is 17.9. The molecule has 2 unspecified atom stereocenters. The minimum absolute atomic E-state index is 0.0752. The van der Waals surface area contributed by atoms with Gasteiger partial charge in [-0.15, -0.1) is 0 Å². The number of nitrogens with zero attached hydrogens (tertiary/aromatic N) is 1. The number of aliphatic hydroxyl groups is 1. The highest BCUT2D eigenvalue weighted by Gasteiger charge is 2.53. The predicted molar refractivity (Wildman–Crippen MR) is 78.9 cm³/mol. The van der Waals surface area contributed by atoms with E-state index < -0.39 is 11.7 Å². The molecule has 0 aromatic carbocycles. The van der Waals surface area contributed by atoms with Crippen molar-refractivity contribution in [2.24, 2.45) is 5.92 Å². The van der Waals surface area contributed by atoms with Gasteiger partial charge in [-0.3, -0.25) is 4.90 Å². The Morgan fingerprint density at radius 2 is 1.50 bits per heavy atom. The van der Waals surface area contributed by atoms with E-state index in [4.69, 9.17) is 14.2 Å². The third-order valence-corrected chi connectivity index (χ3v) is 4.19. The standard InChI is InChI=1S/C15H31NO4/c1-14(2)12(13(17)15(3,4)20-14)11-16(7-9-18-5)8-10-19-6/h12-13,17H,7-11H2,1-6H3. The Hall–Kier alpha value is -0.200. The van der Waals surface area contributed by atoms with Gasteiger partial charge in [0, 0.05) is 39.8 Å². The molecule has 0 spiro atoms. The summed E-state index contributed by atoms with van der Waals surface area (Å²) < 4.78 is 16.4. The SMILES string of the molecule is COCCN(CCOC)CC1C(O)C(C)(C)OC1(C)C. The van der Waals surface area contributed by atoms with Crippen molar-refractivity contribution in [2.45, 2.75) is 45.0 Å². The molecule has 0 aliphatic carbocycles. The van der Waals surface area contributed by atoms with Gasteiger partial charge in [0.15, 0.2) is 0 Å². The number of aliphatic hydroxyl groups excluding tert-OH is 1. The summed E-state index contributed by atoms with van der Waals surface area (Å²) >= 11 is 0. The molecule has 1 heterocycles. The lowest BCUT2D eigenvalue weighted by Crippen LogP contribution is -2.45. The summed E-state index contributed by atoms with van der Waals surface area (Å²) in [5, 5.41) is 10.5. The molecule has 2 atom stereocenters. The van der Waals surface area contributed by atoms with Crippen LogP contribution >= 0.6 is 0 Å². The van der Waals surface area contributed by atoms with Crippen molar-refractivity contribution in [3.05, 3.63) is 0 Å². The molecule has 5 heteroatoms. The minimum atomic E-state index is -0.498. The topological polar surface area (TPSA) is 51.2 Å². The normalized spacial score (nSPS) is 28.2. The highest BCUT2D eigenvalue weighted by Crippen LogP contribution is 2.42. The number of methoxy groups -OCH3 is 2. The van der Waals surface area contributed by atoms with Crippen molar-refractivity contribution in [1.29, 1.82) is 0 Å². The van der Waals surface area contributed by atoms with Gasteiger partial charge in [-0.05, 0) is 27.7 Å². The van der Waals surface area contributed by atoms with E-state index in [1.165, 1.54) is 0 Å². The summed E-state index contributed by atoms with van der Waals surface area (Å²) in [6.07, 6.45) is -0.468. The van der Waals surface area contributed by atoms with E-state index in [2.05, 4.69) is 18.7 Å². The van der Waals surface area contributed by atoms with Crippen molar-refractivity contribution in [3.8, 4) is 0 Å². The number of ether oxygens (including phenoxy) is 3. The molecule has 0 radical (unpaired) electrons. The zero-order valence-electron chi connectivity index (χ0n) is 13.8. The molecule has 0 bridgehead atoms. The van der Waals surface area contributed by atoms with Gasteiger partial charge in [0.1, 0.15) is 0 Å². The van der Waals surface area contributed by atoms with Gasteiger partial charge < -0.3 is 19.3 Å². The molecular weight excluding hydrogens is 258 g/mol. The third-order valence-electron chi connectivity index (χ3n) is 4.19. The van der Waals surface area contributed by atoms with Gasteiger partial charge in [-0.2, -0.15) is 0 Å². The molecule has 0 aromatic heterocycles. The maximum absolute atomic E-state index is 10.5. The lowest BCUT2D eigenvalue weighted by Gasteiger charge is -2.32. The van der Waals surface area contributed by atoms with Crippen LogP contribution in [0.5, 0.6) is 0 Å². The number of rotatable bonds is 8. The smallest absolute Gasteiger partial charge is 0.0896 e. The van der Waals surface area contributed by atoms with E-state index in [1.807, 2.05) is 13.8 Å². The number of hydrogen-bond donors (Lipinski definition) is 1. The van der Waals surface area contributed by atoms with Crippen LogP contribution in [0.3, 0.4) is 0 Å². The van der Waals surface area contributed by atoms with Crippen LogP contribution < -0.4 is 0 Å². The lowest BCUT2D eigenvalue weighted by molar-refractivity contribution is -0.0914. The second-order valence-corrected chi connectivity index (χ2v) is 6.65. The molecule has 0 amide bonds. The summed E-state index contributed by atoms with van der Waals surface area (Å²) in [5.41, 5.74) is -0.830. The summed E-state index contributed by atoms with van der Waals surface area (Å²) in [6.45, 7) is 11.8. The second-order valence-electron chi connectivity index (χ2n) is 6.65. The van der Waals surface area contributed by atoms with Crippen molar-refractivity contribution in [2.75, 3.05) is 47.1 Å². The van der Waals surface area contributed by atoms with Gasteiger partial charge in [-0.25, -0.2) is 0 Å². The molecule has 0 aromatic rings. The van der Waals surface area contributed by atoms with E-state index >= 15 is 0 Å². The van der Waals surface area contributed by atoms with Crippen molar-refractivity contribution < 1.29 is 19.3 Å². The summed E-state index contributed by atoms with van der Waals surface area (Å²) in [6, 6.07) is 0. The van der Waals surface area contributed by atoms with Crippen LogP contribution in [0.15, 0.2) is 0 Å².